The Balaban J connectivity index is 2.15. The maximum absolute atomic E-state index is 5.33. The minimum atomic E-state index is 0.0683. The molecular formula is C15H24N6. The molecule has 2 rings (SSSR count). The zero-order valence-corrected chi connectivity index (χ0v) is 12.7. The van der Waals surface area contributed by atoms with E-state index in [1.807, 2.05) is 7.05 Å². The first-order chi connectivity index (χ1) is 10.2. The van der Waals surface area contributed by atoms with Gasteiger partial charge in [0.05, 0.1) is 12.3 Å². The van der Waals surface area contributed by atoms with Gasteiger partial charge in [0.25, 0.3) is 0 Å². The standard InChI is InChI=1S/C15H24N6/c1-12(13-3-5-14(17-2)6-4-13)20-15(11-19-16)21-9-7-18-8-10-21/h3-6,11-12,17-18H,7-10,16H2,1-2H3/b19-11-,20-15?. The highest BCUT2D eigenvalue weighted by atomic mass is 15.2. The zero-order valence-electron chi connectivity index (χ0n) is 12.7. The van der Waals surface area contributed by atoms with Gasteiger partial charge in [-0.1, -0.05) is 12.1 Å². The first-order valence-corrected chi connectivity index (χ1v) is 7.29. The monoisotopic (exact) mass is 288 g/mol. The van der Waals surface area contributed by atoms with Gasteiger partial charge in [0, 0.05) is 38.9 Å². The Kier molecular flexibility index (Phi) is 5.57. The number of hydrogen-bond donors (Lipinski definition) is 3. The first-order valence-electron chi connectivity index (χ1n) is 7.29. The highest BCUT2D eigenvalue weighted by Gasteiger charge is 2.14. The molecule has 1 aliphatic heterocycles. The van der Waals surface area contributed by atoms with Crippen LogP contribution < -0.4 is 16.5 Å². The molecule has 6 nitrogen and oxygen atoms in total. The third-order valence-corrected chi connectivity index (χ3v) is 3.64. The number of hydrogen-bond acceptors (Lipinski definition) is 5. The van der Waals surface area contributed by atoms with Gasteiger partial charge in [-0.05, 0) is 24.6 Å². The van der Waals surface area contributed by atoms with E-state index in [1.54, 1.807) is 6.21 Å². The number of hydrazone groups is 1. The lowest BCUT2D eigenvalue weighted by atomic mass is 10.1. The van der Waals surface area contributed by atoms with E-state index in [1.165, 1.54) is 5.56 Å². The number of anilines is 1. The van der Waals surface area contributed by atoms with Crippen LogP contribution in [0.5, 0.6) is 0 Å². The second-order valence-corrected chi connectivity index (χ2v) is 5.05. The van der Waals surface area contributed by atoms with E-state index >= 15 is 0 Å². The van der Waals surface area contributed by atoms with Crippen LogP contribution in [0.25, 0.3) is 0 Å². The van der Waals surface area contributed by atoms with Gasteiger partial charge in [-0.15, -0.1) is 0 Å². The summed E-state index contributed by atoms with van der Waals surface area (Å²) in [6.07, 6.45) is 1.64. The van der Waals surface area contributed by atoms with Crippen LogP contribution >= 0.6 is 0 Å². The van der Waals surface area contributed by atoms with Gasteiger partial charge in [0.2, 0.25) is 0 Å². The number of piperazine rings is 1. The molecule has 0 aliphatic carbocycles. The molecule has 0 radical (unpaired) electrons. The molecule has 1 fully saturated rings. The lowest BCUT2D eigenvalue weighted by Gasteiger charge is -2.29. The largest absolute Gasteiger partial charge is 0.388 e. The molecule has 0 aromatic heterocycles. The van der Waals surface area contributed by atoms with E-state index in [9.17, 15) is 0 Å². The second-order valence-electron chi connectivity index (χ2n) is 5.05. The summed E-state index contributed by atoms with van der Waals surface area (Å²) in [5.41, 5.74) is 2.27. The lowest BCUT2D eigenvalue weighted by molar-refractivity contribution is 0.359. The minimum absolute atomic E-state index is 0.0683. The fourth-order valence-corrected chi connectivity index (χ4v) is 2.36. The molecular weight excluding hydrogens is 264 g/mol. The van der Waals surface area contributed by atoms with Crippen molar-refractivity contribution in [2.24, 2.45) is 15.9 Å². The van der Waals surface area contributed by atoms with E-state index in [4.69, 9.17) is 10.8 Å². The predicted octanol–water partition coefficient (Wildman–Crippen LogP) is 1.04. The van der Waals surface area contributed by atoms with Crippen LogP contribution in [0.15, 0.2) is 34.4 Å². The van der Waals surface area contributed by atoms with Crippen LogP contribution in [0.4, 0.5) is 5.69 Å². The molecule has 1 unspecified atom stereocenters. The van der Waals surface area contributed by atoms with Crippen LogP contribution in [-0.2, 0) is 0 Å². The summed E-state index contributed by atoms with van der Waals surface area (Å²) in [6.45, 7) is 5.86. The molecule has 0 spiro atoms. The fraction of sp³-hybridized carbons (Fsp3) is 0.467. The Bertz CT molecular complexity index is 487. The van der Waals surface area contributed by atoms with Gasteiger partial charge in [0.1, 0.15) is 5.84 Å². The lowest BCUT2D eigenvalue weighted by Crippen LogP contribution is -2.47. The Morgan fingerprint density at radius 1 is 1.33 bits per heavy atom. The third-order valence-electron chi connectivity index (χ3n) is 3.64. The van der Waals surface area contributed by atoms with Crippen LogP contribution in [0.3, 0.4) is 0 Å². The van der Waals surface area contributed by atoms with Crippen molar-refractivity contribution in [3.63, 3.8) is 0 Å². The SMILES string of the molecule is CNc1ccc(C(C)N=C(/C=N\N)N2CCNCC2)cc1. The molecule has 0 bridgehead atoms. The smallest absolute Gasteiger partial charge is 0.144 e. The summed E-state index contributed by atoms with van der Waals surface area (Å²) >= 11 is 0. The molecule has 6 heteroatoms. The second kappa shape index (κ2) is 7.64. The van der Waals surface area contributed by atoms with E-state index in [0.29, 0.717) is 0 Å². The topological polar surface area (TPSA) is 78.0 Å². The highest BCUT2D eigenvalue weighted by Crippen LogP contribution is 2.19. The van der Waals surface area contributed by atoms with Crippen molar-refractivity contribution in [2.45, 2.75) is 13.0 Å². The molecule has 1 aromatic rings. The molecule has 21 heavy (non-hydrogen) atoms. The number of nitrogens with two attached hydrogens (primary N) is 1. The average molecular weight is 288 g/mol. The molecule has 1 saturated heterocycles. The van der Waals surface area contributed by atoms with Gasteiger partial charge in [-0.3, -0.25) is 4.99 Å². The van der Waals surface area contributed by atoms with Gasteiger partial charge in [-0.25, -0.2) is 0 Å². The molecule has 0 saturated carbocycles. The molecule has 4 N–H and O–H groups in total. The van der Waals surface area contributed by atoms with Crippen molar-refractivity contribution in [3.8, 4) is 0 Å². The number of nitrogens with zero attached hydrogens (tertiary/aromatic N) is 3. The van der Waals surface area contributed by atoms with E-state index in [2.05, 4.69) is 51.8 Å². The van der Waals surface area contributed by atoms with E-state index < -0.39 is 0 Å². The number of amidine groups is 1. The van der Waals surface area contributed by atoms with Gasteiger partial charge in [0.15, 0.2) is 0 Å². The van der Waals surface area contributed by atoms with Crippen molar-refractivity contribution in [1.29, 1.82) is 0 Å². The normalized spacial score (nSPS) is 18.0. The van der Waals surface area contributed by atoms with Crippen LogP contribution in [0.2, 0.25) is 0 Å². The maximum Gasteiger partial charge on any atom is 0.144 e. The van der Waals surface area contributed by atoms with E-state index in [0.717, 1.165) is 37.7 Å². The summed E-state index contributed by atoms with van der Waals surface area (Å²) in [5, 5.41) is 10.1. The quantitative estimate of drug-likeness (QED) is 0.335. The number of aliphatic imine (C=N–C) groups is 1. The van der Waals surface area contributed by atoms with Crippen LogP contribution in [-0.4, -0.2) is 50.2 Å². The van der Waals surface area contributed by atoms with Crippen molar-refractivity contribution >= 4 is 17.7 Å². The van der Waals surface area contributed by atoms with Crippen molar-refractivity contribution in [1.82, 2.24) is 10.2 Å². The van der Waals surface area contributed by atoms with Crippen molar-refractivity contribution in [2.75, 3.05) is 38.5 Å². The van der Waals surface area contributed by atoms with Crippen LogP contribution in [0, 0.1) is 0 Å². The molecule has 0 amide bonds. The number of benzene rings is 1. The minimum Gasteiger partial charge on any atom is -0.388 e. The fourth-order valence-electron chi connectivity index (χ4n) is 2.36. The molecule has 1 atom stereocenters. The summed E-state index contributed by atoms with van der Waals surface area (Å²) in [7, 11) is 1.91. The first kappa shape index (κ1) is 15.3. The number of nitrogens with one attached hydrogen (secondary N) is 2. The molecule has 1 aliphatic rings. The van der Waals surface area contributed by atoms with Gasteiger partial charge < -0.3 is 21.4 Å². The van der Waals surface area contributed by atoms with Gasteiger partial charge >= 0.3 is 0 Å². The summed E-state index contributed by atoms with van der Waals surface area (Å²) < 4.78 is 0. The number of rotatable bonds is 4. The molecule has 1 heterocycles. The summed E-state index contributed by atoms with van der Waals surface area (Å²) in [5.74, 6) is 6.18. The summed E-state index contributed by atoms with van der Waals surface area (Å²) in [4.78, 5) is 6.99. The maximum atomic E-state index is 5.33. The van der Waals surface area contributed by atoms with E-state index in [-0.39, 0.29) is 6.04 Å². The zero-order chi connectivity index (χ0) is 15.1. The van der Waals surface area contributed by atoms with Crippen molar-refractivity contribution in [3.05, 3.63) is 29.8 Å². The Morgan fingerprint density at radius 3 is 2.57 bits per heavy atom. The molecule has 114 valence electrons. The Morgan fingerprint density at radius 2 is 2.00 bits per heavy atom. The average Bonchev–Trinajstić information content (AvgIpc) is 2.55. The highest BCUT2D eigenvalue weighted by molar-refractivity contribution is 6.29. The summed E-state index contributed by atoms with van der Waals surface area (Å²) in [6, 6.07) is 8.37. The van der Waals surface area contributed by atoms with Crippen molar-refractivity contribution < 1.29 is 0 Å². The van der Waals surface area contributed by atoms with Crippen LogP contribution in [0.1, 0.15) is 18.5 Å². The predicted molar refractivity (Wildman–Crippen MR) is 89.0 cm³/mol. The Labute approximate surface area is 126 Å². The Hall–Kier alpha value is -2.08. The molecule has 1 aromatic carbocycles. The van der Waals surface area contributed by atoms with Gasteiger partial charge in [-0.2, -0.15) is 5.10 Å². The third kappa shape index (κ3) is 4.19.